The Kier molecular flexibility index (Phi) is 8.57. The van der Waals surface area contributed by atoms with Gasteiger partial charge in [0.15, 0.2) is 17.3 Å². The number of carbonyl (C=O) groups excluding carboxylic acids is 2. The van der Waals surface area contributed by atoms with Crippen LogP contribution >= 0.6 is 0 Å². The van der Waals surface area contributed by atoms with Crippen molar-refractivity contribution in [2.45, 2.75) is 45.1 Å². The van der Waals surface area contributed by atoms with E-state index in [9.17, 15) is 9.59 Å². The number of likely N-dealkylation sites (tertiary alicyclic amines) is 1. The van der Waals surface area contributed by atoms with Crippen LogP contribution < -0.4 is 9.47 Å². The average Bonchev–Trinajstić information content (AvgIpc) is 3.35. The molecule has 0 spiro atoms. The van der Waals surface area contributed by atoms with Crippen molar-refractivity contribution >= 4 is 11.8 Å². The maximum absolute atomic E-state index is 12.8. The fourth-order valence-electron chi connectivity index (χ4n) is 4.60. The zero-order valence-electron chi connectivity index (χ0n) is 20.7. The van der Waals surface area contributed by atoms with E-state index in [1.54, 1.807) is 14.2 Å². The second-order valence-corrected chi connectivity index (χ2v) is 9.07. The van der Waals surface area contributed by atoms with Gasteiger partial charge in [0.1, 0.15) is 0 Å². The standard InChI is InChI=1S/C25H35N5O5/c1-33-20-7-6-19(16-21(20)34-2)17-25(32)30-14-12-28(13-15-30)18-22-26-23(35-27-22)8-9-24(31)29-10-4-3-5-11-29/h6-7,16H,3-5,8-15,17-18H2,1-2H3. The summed E-state index contributed by atoms with van der Waals surface area (Å²) < 4.78 is 16.0. The van der Waals surface area contributed by atoms with E-state index in [2.05, 4.69) is 15.0 Å². The number of piperidine rings is 1. The molecule has 0 bridgehead atoms. The predicted molar refractivity (Wildman–Crippen MR) is 128 cm³/mol. The highest BCUT2D eigenvalue weighted by atomic mass is 16.5. The Hall–Kier alpha value is -3.14. The molecule has 2 fully saturated rings. The number of carbonyl (C=O) groups is 2. The highest BCUT2D eigenvalue weighted by Gasteiger charge is 2.23. The molecule has 0 saturated carbocycles. The second-order valence-electron chi connectivity index (χ2n) is 9.07. The van der Waals surface area contributed by atoms with Crippen molar-refractivity contribution < 1.29 is 23.6 Å². The summed E-state index contributed by atoms with van der Waals surface area (Å²) in [4.78, 5) is 35.6. The SMILES string of the molecule is COc1ccc(CC(=O)N2CCN(Cc3noc(CCC(=O)N4CCCCC4)n3)CC2)cc1OC. The number of ether oxygens (including phenoxy) is 2. The van der Waals surface area contributed by atoms with Gasteiger partial charge in [0, 0.05) is 52.1 Å². The summed E-state index contributed by atoms with van der Waals surface area (Å²) in [5, 5.41) is 4.09. The van der Waals surface area contributed by atoms with E-state index in [-0.39, 0.29) is 11.8 Å². The quantitative estimate of drug-likeness (QED) is 0.531. The third-order valence-corrected chi connectivity index (χ3v) is 6.66. The zero-order valence-corrected chi connectivity index (χ0v) is 20.7. The Morgan fingerprint density at radius 2 is 1.63 bits per heavy atom. The summed E-state index contributed by atoms with van der Waals surface area (Å²) in [5.74, 6) is 2.66. The van der Waals surface area contributed by atoms with Crippen LogP contribution in [0.3, 0.4) is 0 Å². The van der Waals surface area contributed by atoms with E-state index in [1.807, 2.05) is 28.0 Å². The van der Waals surface area contributed by atoms with Gasteiger partial charge in [-0.1, -0.05) is 11.2 Å². The lowest BCUT2D eigenvalue weighted by molar-refractivity contribution is -0.133. The van der Waals surface area contributed by atoms with Crippen molar-refractivity contribution in [2.75, 3.05) is 53.5 Å². The number of aromatic nitrogens is 2. The first-order chi connectivity index (χ1) is 17.1. The van der Waals surface area contributed by atoms with Gasteiger partial charge in [0.2, 0.25) is 17.7 Å². The van der Waals surface area contributed by atoms with E-state index < -0.39 is 0 Å². The first kappa shape index (κ1) is 25.0. The summed E-state index contributed by atoms with van der Waals surface area (Å²) in [5.41, 5.74) is 0.896. The molecule has 2 aliphatic heterocycles. The van der Waals surface area contributed by atoms with Crippen molar-refractivity contribution in [1.29, 1.82) is 0 Å². The lowest BCUT2D eigenvalue weighted by Gasteiger charge is -2.34. The van der Waals surface area contributed by atoms with Gasteiger partial charge in [-0.15, -0.1) is 0 Å². The minimum absolute atomic E-state index is 0.0945. The Morgan fingerprint density at radius 3 is 2.34 bits per heavy atom. The Labute approximate surface area is 206 Å². The second kappa shape index (κ2) is 12.0. The molecule has 2 aliphatic rings. The smallest absolute Gasteiger partial charge is 0.227 e. The fraction of sp³-hybridized carbons (Fsp3) is 0.600. The summed E-state index contributed by atoms with van der Waals surface area (Å²) in [6, 6.07) is 5.56. The van der Waals surface area contributed by atoms with Gasteiger partial charge in [-0.2, -0.15) is 4.98 Å². The highest BCUT2D eigenvalue weighted by Crippen LogP contribution is 2.28. The molecule has 1 aromatic heterocycles. The van der Waals surface area contributed by atoms with Crippen LogP contribution in [0.1, 0.15) is 43.0 Å². The number of piperazine rings is 1. The lowest BCUT2D eigenvalue weighted by Crippen LogP contribution is -2.48. The molecule has 35 heavy (non-hydrogen) atoms. The van der Waals surface area contributed by atoms with Crippen molar-refractivity contribution in [1.82, 2.24) is 24.8 Å². The van der Waals surface area contributed by atoms with Crippen molar-refractivity contribution in [3.8, 4) is 11.5 Å². The van der Waals surface area contributed by atoms with Gasteiger partial charge in [0.05, 0.1) is 27.2 Å². The molecule has 2 saturated heterocycles. The number of benzene rings is 1. The van der Waals surface area contributed by atoms with Gasteiger partial charge in [-0.3, -0.25) is 14.5 Å². The molecular formula is C25H35N5O5. The number of hydrogen-bond donors (Lipinski definition) is 0. The van der Waals surface area contributed by atoms with Gasteiger partial charge < -0.3 is 23.8 Å². The molecule has 1 aromatic carbocycles. The van der Waals surface area contributed by atoms with Crippen LogP contribution in [0.5, 0.6) is 11.5 Å². The molecule has 2 aromatic rings. The van der Waals surface area contributed by atoms with Crippen LogP contribution in [-0.4, -0.2) is 90.1 Å². The van der Waals surface area contributed by atoms with Gasteiger partial charge in [-0.05, 0) is 37.0 Å². The van der Waals surface area contributed by atoms with Crippen LogP contribution in [0.2, 0.25) is 0 Å². The number of hydrogen-bond acceptors (Lipinski definition) is 8. The van der Waals surface area contributed by atoms with E-state index >= 15 is 0 Å². The molecule has 2 amide bonds. The molecule has 0 radical (unpaired) electrons. The summed E-state index contributed by atoms with van der Waals surface area (Å²) in [6.07, 6.45) is 4.59. The van der Waals surface area contributed by atoms with E-state index in [1.165, 1.54) is 6.42 Å². The molecule has 0 atom stereocenters. The molecule has 0 unspecified atom stereocenters. The van der Waals surface area contributed by atoms with Crippen LogP contribution in [0.15, 0.2) is 22.7 Å². The fourth-order valence-corrected chi connectivity index (χ4v) is 4.60. The molecule has 4 rings (SSSR count). The van der Waals surface area contributed by atoms with Crippen LogP contribution in [0.4, 0.5) is 0 Å². The third kappa shape index (κ3) is 6.72. The topological polar surface area (TPSA) is 101 Å². The van der Waals surface area contributed by atoms with Crippen molar-refractivity contribution in [2.24, 2.45) is 0 Å². The average molecular weight is 486 g/mol. The molecule has 0 aliphatic carbocycles. The predicted octanol–water partition coefficient (Wildman–Crippen LogP) is 1.92. The van der Waals surface area contributed by atoms with Crippen molar-refractivity contribution in [3.05, 3.63) is 35.5 Å². The molecule has 10 heteroatoms. The Balaban J connectivity index is 1.20. The van der Waals surface area contributed by atoms with Gasteiger partial charge >= 0.3 is 0 Å². The monoisotopic (exact) mass is 485 g/mol. The Bertz CT molecular complexity index is 996. The third-order valence-electron chi connectivity index (χ3n) is 6.66. The molecule has 0 N–H and O–H groups in total. The summed E-state index contributed by atoms with van der Waals surface area (Å²) in [6.45, 7) is 5.08. The molecule has 3 heterocycles. The number of rotatable bonds is 9. The number of aryl methyl sites for hydroxylation is 1. The summed E-state index contributed by atoms with van der Waals surface area (Å²) in [7, 11) is 3.18. The number of amides is 2. The van der Waals surface area contributed by atoms with Crippen LogP contribution in [0.25, 0.3) is 0 Å². The molecule has 10 nitrogen and oxygen atoms in total. The van der Waals surface area contributed by atoms with Gasteiger partial charge in [-0.25, -0.2) is 0 Å². The first-order valence-corrected chi connectivity index (χ1v) is 12.4. The molecular weight excluding hydrogens is 450 g/mol. The molecule has 190 valence electrons. The van der Waals surface area contributed by atoms with Crippen molar-refractivity contribution in [3.63, 3.8) is 0 Å². The van der Waals surface area contributed by atoms with E-state index in [4.69, 9.17) is 14.0 Å². The lowest BCUT2D eigenvalue weighted by atomic mass is 10.1. The van der Waals surface area contributed by atoms with E-state index in [0.717, 1.165) is 44.6 Å². The largest absolute Gasteiger partial charge is 0.493 e. The minimum atomic E-state index is 0.0945. The Morgan fingerprint density at radius 1 is 0.914 bits per heavy atom. The maximum Gasteiger partial charge on any atom is 0.227 e. The summed E-state index contributed by atoms with van der Waals surface area (Å²) >= 11 is 0. The van der Waals surface area contributed by atoms with Crippen LogP contribution in [-0.2, 0) is 29.0 Å². The minimum Gasteiger partial charge on any atom is -0.493 e. The normalized spacial score (nSPS) is 16.9. The number of methoxy groups -OCH3 is 2. The number of nitrogens with zero attached hydrogens (tertiary/aromatic N) is 5. The first-order valence-electron chi connectivity index (χ1n) is 12.4. The highest BCUT2D eigenvalue weighted by molar-refractivity contribution is 5.79. The van der Waals surface area contributed by atoms with Crippen LogP contribution in [0, 0.1) is 0 Å². The van der Waals surface area contributed by atoms with E-state index in [0.29, 0.717) is 62.1 Å². The zero-order chi connectivity index (χ0) is 24.6. The maximum atomic E-state index is 12.8. The van der Waals surface area contributed by atoms with Gasteiger partial charge in [0.25, 0.3) is 0 Å².